The molecule has 0 aliphatic carbocycles. The molecule has 0 heterocycles. The van der Waals surface area contributed by atoms with Crippen molar-refractivity contribution in [1.82, 2.24) is 0 Å². The van der Waals surface area contributed by atoms with E-state index in [4.69, 9.17) is 0 Å². The van der Waals surface area contributed by atoms with Gasteiger partial charge in [0, 0.05) is 15.3 Å². The van der Waals surface area contributed by atoms with Gasteiger partial charge >= 0.3 is 5.97 Å². The molecule has 5 heteroatoms. The summed E-state index contributed by atoms with van der Waals surface area (Å²) in [6.45, 7) is 1.85. The van der Waals surface area contributed by atoms with Crippen molar-refractivity contribution in [2.24, 2.45) is 0 Å². The summed E-state index contributed by atoms with van der Waals surface area (Å²) in [5.41, 5.74) is 3.17. The van der Waals surface area contributed by atoms with Crippen LogP contribution in [0.3, 0.4) is 0 Å². The van der Waals surface area contributed by atoms with Crippen LogP contribution in [0.15, 0.2) is 53.0 Å². The average molecular weight is 381 g/mol. The summed E-state index contributed by atoms with van der Waals surface area (Å²) in [5, 5.41) is -0.210. The summed E-state index contributed by atoms with van der Waals surface area (Å²) in [6.07, 6.45) is 0. The van der Waals surface area contributed by atoms with E-state index in [1.54, 1.807) is 0 Å². The average Bonchev–Trinajstić information content (AvgIpc) is 2.55. The zero-order valence-electron chi connectivity index (χ0n) is 12.4. The number of carbonyl (C=O) groups is 1. The number of hydrogen-bond acceptors (Lipinski definition) is 3. The second kappa shape index (κ2) is 7.70. The van der Waals surface area contributed by atoms with Crippen LogP contribution in [0, 0.1) is 0 Å². The Kier molecular flexibility index (Phi) is 5.91. The van der Waals surface area contributed by atoms with Gasteiger partial charge in [-0.3, -0.25) is 9.00 Å². The van der Waals surface area contributed by atoms with Gasteiger partial charge in [0.05, 0.1) is 12.4 Å². The Hall–Kier alpha value is -1.46. The molecule has 2 atom stereocenters. The molecule has 0 N–H and O–H groups in total. The van der Waals surface area contributed by atoms with Crippen molar-refractivity contribution in [1.29, 1.82) is 0 Å². The van der Waals surface area contributed by atoms with Gasteiger partial charge in [-0.1, -0.05) is 52.3 Å². The molecule has 0 bridgehead atoms. The summed E-state index contributed by atoms with van der Waals surface area (Å²) < 4.78 is 17.7. The SMILES string of the molecule is COC(=O)CS(=O)C(C)c1ccc(-c2ccc(Br)cc2)cc1. The Morgan fingerprint density at radius 2 is 1.59 bits per heavy atom. The lowest BCUT2D eigenvalue weighted by Crippen LogP contribution is -2.16. The fraction of sp³-hybridized carbons (Fsp3) is 0.235. The molecule has 0 spiro atoms. The quantitative estimate of drug-likeness (QED) is 0.733. The Balaban J connectivity index is 2.12. The van der Waals surface area contributed by atoms with E-state index in [0.717, 1.165) is 21.2 Å². The highest BCUT2D eigenvalue weighted by molar-refractivity contribution is 9.10. The molecule has 3 nitrogen and oxygen atoms in total. The van der Waals surface area contributed by atoms with Crippen molar-refractivity contribution in [2.75, 3.05) is 12.9 Å². The fourth-order valence-corrected chi connectivity index (χ4v) is 3.37. The molecule has 0 radical (unpaired) electrons. The molecule has 0 saturated carbocycles. The maximum Gasteiger partial charge on any atom is 0.318 e. The van der Waals surface area contributed by atoms with Gasteiger partial charge < -0.3 is 4.74 Å². The number of carbonyl (C=O) groups excluding carboxylic acids is 1. The lowest BCUT2D eigenvalue weighted by Gasteiger charge is -2.12. The van der Waals surface area contributed by atoms with E-state index in [9.17, 15) is 9.00 Å². The second-order valence-electron chi connectivity index (χ2n) is 4.87. The first-order chi connectivity index (χ1) is 10.5. The number of halogens is 1. The maximum absolute atomic E-state index is 12.1. The number of hydrogen-bond donors (Lipinski definition) is 0. The summed E-state index contributed by atoms with van der Waals surface area (Å²) in [7, 11) is 0.0221. The first-order valence-corrected chi connectivity index (χ1v) is 8.98. The highest BCUT2D eigenvalue weighted by Gasteiger charge is 2.17. The Labute approximate surface area is 141 Å². The van der Waals surface area contributed by atoms with Crippen LogP contribution in [-0.2, 0) is 20.3 Å². The van der Waals surface area contributed by atoms with E-state index in [1.807, 2.05) is 55.5 Å². The minimum absolute atomic E-state index is 0.0773. The molecule has 2 aromatic rings. The van der Waals surface area contributed by atoms with Crippen molar-refractivity contribution in [3.63, 3.8) is 0 Å². The van der Waals surface area contributed by atoms with Crippen LogP contribution in [-0.4, -0.2) is 23.0 Å². The van der Waals surface area contributed by atoms with Crippen molar-refractivity contribution < 1.29 is 13.7 Å². The fourth-order valence-electron chi connectivity index (χ4n) is 2.04. The molecule has 0 amide bonds. The molecule has 0 aromatic heterocycles. The number of methoxy groups -OCH3 is 1. The van der Waals surface area contributed by atoms with Crippen molar-refractivity contribution in [3.05, 3.63) is 58.6 Å². The number of benzene rings is 2. The van der Waals surface area contributed by atoms with E-state index in [-0.39, 0.29) is 11.0 Å². The normalized spacial score (nSPS) is 13.4. The zero-order valence-corrected chi connectivity index (χ0v) is 14.8. The Morgan fingerprint density at radius 3 is 2.09 bits per heavy atom. The summed E-state index contributed by atoms with van der Waals surface area (Å²) >= 11 is 3.42. The maximum atomic E-state index is 12.1. The van der Waals surface area contributed by atoms with Crippen LogP contribution < -0.4 is 0 Å². The number of esters is 1. The van der Waals surface area contributed by atoms with Crippen molar-refractivity contribution >= 4 is 32.7 Å². The molecule has 2 unspecified atom stereocenters. The van der Waals surface area contributed by atoms with Crippen LogP contribution in [0.25, 0.3) is 11.1 Å². The second-order valence-corrected chi connectivity index (χ2v) is 7.55. The van der Waals surface area contributed by atoms with Crippen molar-refractivity contribution in [3.8, 4) is 11.1 Å². The van der Waals surface area contributed by atoms with Crippen LogP contribution in [0.2, 0.25) is 0 Å². The van der Waals surface area contributed by atoms with Gasteiger partial charge in [-0.25, -0.2) is 0 Å². The third kappa shape index (κ3) is 4.27. The molecule has 0 fully saturated rings. The molecule has 0 saturated heterocycles. The summed E-state index contributed by atoms with van der Waals surface area (Å²) in [6, 6.07) is 16.0. The van der Waals surface area contributed by atoms with Crippen molar-refractivity contribution in [2.45, 2.75) is 12.2 Å². The van der Waals surface area contributed by atoms with E-state index in [0.29, 0.717) is 0 Å². The Morgan fingerprint density at radius 1 is 1.09 bits per heavy atom. The third-order valence-corrected chi connectivity index (χ3v) is 5.55. The molecule has 22 heavy (non-hydrogen) atoms. The topological polar surface area (TPSA) is 43.4 Å². The number of rotatable bonds is 5. The molecule has 0 aliphatic rings. The summed E-state index contributed by atoms with van der Waals surface area (Å²) in [5.74, 6) is -0.525. The first-order valence-electron chi connectivity index (χ1n) is 6.81. The van der Waals surface area contributed by atoms with Crippen LogP contribution >= 0.6 is 15.9 Å². The van der Waals surface area contributed by atoms with Gasteiger partial charge in [0.25, 0.3) is 0 Å². The third-order valence-electron chi connectivity index (χ3n) is 3.44. The van der Waals surface area contributed by atoms with Crippen LogP contribution in [0.4, 0.5) is 0 Å². The predicted octanol–water partition coefficient (Wildman–Crippen LogP) is 4.10. The van der Waals surface area contributed by atoms with Gasteiger partial charge in [-0.15, -0.1) is 0 Å². The van der Waals surface area contributed by atoms with Gasteiger partial charge in [-0.2, -0.15) is 0 Å². The molecule has 116 valence electrons. The smallest absolute Gasteiger partial charge is 0.318 e. The highest BCUT2D eigenvalue weighted by Crippen LogP contribution is 2.25. The molecule has 2 rings (SSSR count). The highest BCUT2D eigenvalue weighted by atomic mass is 79.9. The Bertz CT molecular complexity index is 665. The molecular formula is C17H17BrO3S. The predicted molar refractivity (Wildman–Crippen MR) is 93.0 cm³/mol. The molecule has 2 aromatic carbocycles. The van der Waals surface area contributed by atoms with Gasteiger partial charge in [0.15, 0.2) is 0 Å². The standard InChI is InChI=1S/C17H17BrO3S/c1-12(22(20)11-17(19)21-2)13-3-5-14(6-4-13)15-7-9-16(18)10-8-15/h3-10,12H,11H2,1-2H3. The minimum atomic E-state index is -1.28. The largest absolute Gasteiger partial charge is 0.468 e. The molecule has 0 aliphatic heterocycles. The molecular weight excluding hydrogens is 364 g/mol. The van der Waals surface area contributed by atoms with Crippen LogP contribution in [0.5, 0.6) is 0 Å². The van der Waals surface area contributed by atoms with Crippen LogP contribution in [0.1, 0.15) is 17.7 Å². The van der Waals surface area contributed by atoms with E-state index >= 15 is 0 Å². The van der Waals surface area contributed by atoms with E-state index < -0.39 is 16.8 Å². The van der Waals surface area contributed by atoms with Gasteiger partial charge in [0.2, 0.25) is 0 Å². The van der Waals surface area contributed by atoms with E-state index in [1.165, 1.54) is 7.11 Å². The zero-order chi connectivity index (χ0) is 16.1. The number of ether oxygens (including phenoxy) is 1. The lowest BCUT2D eigenvalue weighted by molar-refractivity contribution is -0.137. The lowest BCUT2D eigenvalue weighted by atomic mass is 10.0. The van der Waals surface area contributed by atoms with Gasteiger partial charge in [-0.05, 0) is 35.7 Å². The van der Waals surface area contributed by atoms with Gasteiger partial charge in [0.1, 0.15) is 5.75 Å². The van der Waals surface area contributed by atoms with E-state index in [2.05, 4.69) is 20.7 Å². The summed E-state index contributed by atoms with van der Waals surface area (Å²) in [4.78, 5) is 11.2. The monoisotopic (exact) mass is 380 g/mol. The minimum Gasteiger partial charge on any atom is -0.468 e. The first kappa shape index (κ1) is 16.9.